The predicted molar refractivity (Wildman–Crippen MR) is 84.1 cm³/mol. The van der Waals surface area contributed by atoms with Crippen LogP contribution in [-0.4, -0.2) is 23.3 Å². The first-order valence-corrected chi connectivity index (χ1v) is 8.81. The van der Waals surface area contributed by atoms with Gasteiger partial charge in [-0.05, 0) is 63.3 Å². The van der Waals surface area contributed by atoms with Crippen molar-refractivity contribution in [3.8, 4) is 0 Å². The van der Waals surface area contributed by atoms with Gasteiger partial charge in [0.25, 0.3) is 0 Å². The first-order valence-electron chi connectivity index (χ1n) is 6.26. The Bertz CT molecular complexity index is 560. The molecular formula is C14H14BrNOS2. The van der Waals surface area contributed by atoms with Gasteiger partial charge >= 0.3 is 0 Å². The zero-order valence-corrected chi connectivity index (χ0v) is 13.6. The first-order chi connectivity index (χ1) is 9.22. The zero-order chi connectivity index (χ0) is 13.2. The van der Waals surface area contributed by atoms with Gasteiger partial charge in [0.2, 0.25) is 0 Å². The predicted octanol–water partition coefficient (Wildman–Crippen LogP) is 4.42. The third-order valence-corrected chi connectivity index (χ3v) is 5.62. The van der Waals surface area contributed by atoms with Gasteiger partial charge in [-0.2, -0.15) is 11.3 Å². The maximum absolute atomic E-state index is 12.3. The molecule has 0 spiro atoms. The number of thiophene rings is 2. The highest BCUT2D eigenvalue weighted by Crippen LogP contribution is 2.30. The molecule has 1 saturated carbocycles. The normalized spacial score (nSPS) is 15.1. The van der Waals surface area contributed by atoms with Gasteiger partial charge in [-0.15, -0.1) is 11.3 Å². The number of hydrogen-bond acceptors (Lipinski definition) is 4. The van der Waals surface area contributed by atoms with Gasteiger partial charge in [0.05, 0.1) is 15.2 Å². The molecule has 0 unspecified atom stereocenters. The number of ketones is 1. The maximum Gasteiger partial charge on any atom is 0.186 e. The van der Waals surface area contributed by atoms with Crippen molar-refractivity contribution in [2.45, 2.75) is 25.4 Å². The van der Waals surface area contributed by atoms with Crippen molar-refractivity contribution in [1.82, 2.24) is 4.90 Å². The van der Waals surface area contributed by atoms with E-state index in [4.69, 9.17) is 0 Å². The molecule has 3 rings (SSSR count). The smallest absolute Gasteiger partial charge is 0.186 e. The molecule has 2 nitrogen and oxygen atoms in total. The highest BCUT2D eigenvalue weighted by atomic mass is 79.9. The van der Waals surface area contributed by atoms with Crippen molar-refractivity contribution in [1.29, 1.82) is 0 Å². The minimum absolute atomic E-state index is 0.234. The van der Waals surface area contributed by atoms with Crippen LogP contribution in [0.1, 0.15) is 28.1 Å². The molecular weight excluding hydrogens is 342 g/mol. The fraction of sp³-hybridized carbons (Fsp3) is 0.357. The van der Waals surface area contributed by atoms with Gasteiger partial charge in [-0.25, -0.2) is 0 Å². The molecule has 1 aliphatic carbocycles. The average Bonchev–Trinajstić information content (AvgIpc) is 2.94. The van der Waals surface area contributed by atoms with E-state index in [9.17, 15) is 4.79 Å². The summed E-state index contributed by atoms with van der Waals surface area (Å²) < 4.78 is 1.02. The van der Waals surface area contributed by atoms with E-state index in [1.54, 1.807) is 11.3 Å². The summed E-state index contributed by atoms with van der Waals surface area (Å²) >= 11 is 6.65. The lowest BCUT2D eigenvalue weighted by atomic mass is 10.2. The average molecular weight is 356 g/mol. The van der Waals surface area contributed by atoms with Crippen molar-refractivity contribution < 1.29 is 4.79 Å². The van der Waals surface area contributed by atoms with Gasteiger partial charge in [-0.3, -0.25) is 9.69 Å². The summed E-state index contributed by atoms with van der Waals surface area (Å²) in [5, 5.41) is 4.26. The Balaban J connectivity index is 1.66. The van der Waals surface area contributed by atoms with E-state index in [1.165, 1.54) is 29.7 Å². The summed E-state index contributed by atoms with van der Waals surface area (Å²) in [5.74, 6) is 0.234. The van der Waals surface area contributed by atoms with Crippen LogP contribution in [0.2, 0.25) is 0 Å². The molecule has 0 saturated heterocycles. The molecule has 1 aliphatic rings. The number of halogens is 1. The van der Waals surface area contributed by atoms with Crippen LogP contribution in [0, 0.1) is 0 Å². The van der Waals surface area contributed by atoms with Gasteiger partial charge in [-0.1, -0.05) is 0 Å². The number of carbonyl (C=O) groups is 1. The van der Waals surface area contributed by atoms with E-state index < -0.39 is 0 Å². The molecule has 2 aromatic rings. The summed E-state index contributed by atoms with van der Waals surface area (Å²) in [6, 6.07) is 6.60. The molecule has 0 amide bonds. The van der Waals surface area contributed by atoms with Gasteiger partial charge in [0, 0.05) is 12.6 Å². The minimum Gasteiger partial charge on any atom is -0.292 e. The van der Waals surface area contributed by atoms with E-state index in [0.717, 1.165) is 15.2 Å². The van der Waals surface area contributed by atoms with Crippen LogP contribution >= 0.6 is 38.6 Å². The number of hydrogen-bond donors (Lipinski definition) is 0. The second-order valence-corrected chi connectivity index (χ2v) is 8.04. The van der Waals surface area contributed by atoms with Crippen LogP contribution in [0.3, 0.4) is 0 Å². The molecule has 2 heterocycles. The standard InChI is InChI=1S/C14H14BrNOS2/c15-14-4-3-13(19-14)12(17)8-16(11-1-2-11)7-10-5-6-18-9-10/h3-6,9,11H,1-2,7-8H2. The lowest BCUT2D eigenvalue weighted by Crippen LogP contribution is -2.31. The SMILES string of the molecule is O=C(CN(Cc1ccsc1)C1CC1)c1ccc(Br)s1. The molecule has 2 aromatic heterocycles. The number of rotatable bonds is 6. The number of nitrogens with zero attached hydrogens (tertiary/aromatic N) is 1. The molecule has 5 heteroatoms. The van der Waals surface area contributed by atoms with Crippen molar-refractivity contribution >= 4 is 44.4 Å². The van der Waals surface area contributed by atoms with E-state index in [0.29, 0.717) is 12.6 Å². The quantitative estimate of drug-likeness (QED) is 0.714. The Morgan fingerprint density at radius 2 is 2.21 bits per heavy atom. The Labute approximate surface area is 129 Å². The number of Topliss-reactive ketones (excluding diaryl/α,β-unsaturated/α-hetero) is 1. The molecule has 0 aromatic carbocycles. The first kappa shape index (κ1) is 13.5. The highest BCUT2D eigenvalue weighted by molar-refractivity contribution is 9.11. The lowest BCUT2D eigenvalue weighted by molar-refractivity contribution is 0.0923. The fourth-order valence-electron chi connectivity index (χ4n) is 2.10. The lowest BCUT2D eigenvalue weighted by Gasteiger charge is -2.20. The summed E-state index contributed by atoms with van der Waals surface area (Å²) in [7, 11) is 0. The number of carbonyl (C=O) groups excluding carboxylic acids is 1. The van der Waals surface area contributed by atoms with E-state index in [2.05, 4.69) is 37.7 Å². The Kier molecular flexibility index (Phi) is 4.17. The maximum atomic E-state index is 12.3. The summed E-state index contributed by atoms with van der Waals surface area (Å²) in [5.41, 5.74) is 1.32. The molecule has 0 aliphatic heterocycles. The second-order valence-electron chi connectivity index (χ2n) is 4.79. The molecule has 0 bridgehead atoms. The van der Waals surface area contributed by atoms with E-state index in [-0.39, 0.29) is 5.78 Å². The zero-order valence-electron chi connectivity index (χ0n) is 10.3. The van der Waals surface area contributed by atoms with Crippen molar-refractivity contribution in [2.75, 3.05) is 6.54 Å². The van der Waals surface area contributed by atoms with E-state index >= 15 is 0 Å². The van der Waals surface area contributed by atoms with Crippen LogP contribution in [0.25, 0.3) is 0 Å². The molecule has 0 radical (unpaired) electrons. The molecule has 0 N–H and O–H groups in total. The van der Waals surface area contributed by atoms with Crippen molar-refractivity contribution in [3.05, 3.63) is 43.2 Å². The second kappa shape index (κ2) is 5.87. The van der Waals surface area contributed by atoms with Crippen molar-refractivity contribution in [3.63, 3.8) is 0 Å². The highest BCUT2D eigenvalue weighted by Gasteiger charge is 2.30. The van der Waals surface area contributed by atoms with Gasteiger partial charge in [0.15, 0.2) is 5.78 Å². The van der Waals surface area contributed by atoms with Crippen LogP contribution < -0.4 is 0 Å². The minimum atomic E-state index is 0.234. The van der Waals surface area contributed by atoms with Gasteiger partial charge < -0.3 is 0 Å². The van der Waals surface area contributed by atoms with Gasteiger partial charge in [0.1, 0.15) is 0 Å². The van der Waals surface area contributed by atoms with Crippen molar-refractivity contribution in [2.24, 2.45) is 0 Å². The van der Waals surface area contributed by atoms with E-state index in [1.807, 2.05) is 12.1 Å². The summed E-state index contributed by atoms with van der Waals surface area (Å²) in [6.45, 7) is 1.43. The topological polar surface area (TPSA) is 20.3 Å². The van der Waals surface area contributed by atoms with Crippen LogP contribution in [-0.2, 0) is 6.54 Å². The fourth-order valence-corrected chi connectivity index (χ4v) is 4.07. The Morgan fingerprint density at radius 3 is 2.79 bits per heavy atom. The Hall–Kier alpha value is -0.490. The monoisotopic (exact) mass is 355 g/mol. The van der Waals surface area contributed by atoms with Crippen LogP contribution in [0.5, 0.6) is 0 Å². The molecule has 1 fully saturated rings. The largest absolute Gasteiger partial charge is 0.292 e. The third kappa shape index (κ3) is 3.54. The molecule has 0 atom stereocenters. The molecule has 100 valence electrons. The molecule has 19 heavy (non-hydrogen) atoms. The summed E-state index contributed by atoms with van der Waals surface area (Å²) in [6.07, 6.45) is 2.46. The summed E-state index contributed by atoms with van der Waals surface area (Å²) in [4.78, 5) is 15.4. The van der Waals surface area contributed by atoms with Crippen LogP contribution in [0.4, 0.5) is 0 Å². The van der Waals surface area contributed by atoms with Crippen LogP contribution in [0.15, 0.2) is 32.7 Å². The Morgan fingerprint density at radius 1 is 1.37 bits per heavy atom. The third-order valence-electron chi connectivity index (χ3n) is 3.22.